The molecule has 1 aromatic carbocycles. The van der Waals surface area contributed by atoms with Crippen LogP contribution in [0.3, 0.4) is 0 Å². The molecule has 0 heterocycles. The molecule has 5 heteroatoms. The van der Waals surface area contributed by atoms with Crippen molar-refractivity contribution >= 4 is 5.91 Å². The van der Waals surface area contributed by atoms with E-state index in [9.17, 15) is 4.79 Å². The van der Waals surface area contributed by atoms with Gasteiger partial charge in [-0.25, -0.2) is 0 Å². The number of hydrogen-bond acceptors (Lipinski definition) is 4. The van der Waals surface area contributed by atoms with Crippen molar-refractivity contribution in [2.45, 2.75) is 26.5 Å². The zero-order valence-corrected chi connectivity index (χ0v) is 13.6. The predicted molar refractivity (Wildman–Crippen MR) is 83.5 cm³/mol. The van der Waals surface area contributed by atoms with E-state index in [1.54, 1.807) is 33.0 Å². The lowest BCUT2D eigenvalue weighted by atomic mass is 10.1. The fraction of sp³-hybridized carbons (Fsp3) is 0.562. The van der Waals surface area contributed by atoms with E-state index in [0.717, 1.165) is 23.4 Å². The van der Waals surface area contributed by atoms with E-state index >= 15 is 0 Å². The number of para-hydroxylation sites is 1. The van der Waals surface area contributed by atoms with E-state index in [1.165, 1.54) is 0 Å². The number of hydrogen-bond donors (Lipinski definition) is 1. The number of carbonyl (C=O) groups is 1. The Hall–Kier alpha value is -1.59. The van der Waals surface area contributed by atoms with E-state index in [0.29, 0.717) is 13.2 Å². The standard InChI is InChI=1S/C16H26N2O3/c1-12-7-6-8-14(11-17-9-10-20-5)15(12)21-13(2)16(19)18(3)4/h6-8,13,17H,9-11H2,1-5H3. The SMILES string of the molecule is COCCNCc1cccc(C)c1OC(C)C(=O)N(C)C. The van der Waals surface area contributed by atoms with E-state index in [4.69, 9.17) is 9.47 Å². The quantitative estimate of drug-likeness (QED) is 0.740. The maximum atomic E-state index is 11.9. The van der Waals surface area contributed by atoms with Gasteiger partial charge in [0.05, 0.1) is 6.61 Å². The number of nitrogens with zero attached hydrogens (tertiary/aromatic N) is 1. The largest absolute Gasteiger partial charge is 0.480 e. The summed E-state index contributed by atoms with van der Waals surface area (Å²) in [5.74, 6) is 0.738. The molecule has 1 atom stereocenters. The van der Waals surface area contributed by atoms with Crippen LogP contribution >= 0.6 is 0 Å². The molecular formula is C16H26N2O3. The second kappa shape index (κ2) is 8.64. The van der Waals surface area contributed by atoms with Crippen molar-refractivity contribution in [2.24, 2.45) is 0 Å². The molecule has 0 saturated carbocycles. The third-order valence-corrected chi connectivity index (χ3v) is 3.18. The first-order chi connectivity index (χ1) is 9.97. The normalized spacial score (nSPS) is 12.0. The molecule has 1 N–H and O–H groups in total. The molecular weight excluding hydrogens is 268 g/mol. The number of methoxy groups -OCH3 is 1. The Labute approximate surface area is 127 Å². The summed E-state index contributed by atoms with van der Waals surface area (Å²) < 4.78 is 10.9. The van der Waals surface area contributed by atoms with Gasteiger partial charge in [0, 0.05) is 39.9 Å². The number of nitrogens with one attached hydrogen (secondary N) is 1. The molecule has 0 aliphatic rings. The average molecular weight is 294 g/mol. The zero-order chi connectivity index (χ0) is 15.8. The van der Waals surface area contributed by atoms with Crippen LogP contribution in [-0.2, 0) is 16.1 Å². The molecule has 0 aliphatic heterocycles. The van der Waals surface area contributed by atoms with E-state index < -0.39 is 6.10 Å². The van der Waals surface area contributed by atoms with Crippen LogP contribution in [0.5, 0.6) is 5.75 Å². The predicted octanol–water partition coefficient (Wildman–Crippen LogP) is 1.59. The van der Waals surface area contributed by atoms with Crippen LogP contribution in [0.4, 0.5) is 0 Å². The highest BCUT2D eigenvalue weighted by Crippen LogP contribution is 2.24. The third-order valence-electron chi connectivity index (χ3n) is 3.18. The van der Waals surface area contributed by atoms with E-state index in [2.05, 4.69) is 5.32 Å². The van der Waals surface area contributed by atoms with Crippen LogP contribution in [-0.4, -0.2) is 51.3 Å². The minimum absolute atomic E-state index is 0.0449. The van der Waals surface area contributed by atoms with Gasteiger partial charge in [0.15, 0.2) is 6.10 Å². The Kier molecular flexibility index (Phi) is 7.19. The Morgan fingerprint density at radius 1 is 1.38 bits per heavy atom. The highest BCUT2D eigenvalue weighted by molar-refractivity contribution is 5.80. The molecule has 0 bridgehead atoms. The number of benzene rings is 1. The summed E-state index contributed by atoms with van der Waals surface area (Å²) in [6.07, 6.45) is -0.501. The molecule has 0 aromatic heterocycles. The second-order valence-electron chi connectivity index (χ2n) is 5.23. The van der Waals surface area contributed by atoms with Gasteiger partial charge in [-0.1, -0.05) is 18.2 Å². The summed E-state index contributed by atoms with van der Waals surface area (Å²) in [4.78, 5) is 13.5. The maximum Gasteiger partial charge on any atom is 0.262 e. The van der Waals surface area contributed by atoms with Crippen molar-refractivity contribution in [3.8, 4) is 5.75 Å². The summed E-state index contributed by atoms with van der Waals surface area (Å²) in [6, 6.07) is 5.99. The summed E-state index contributed by atoms with van der Waals surface area (Å²) >= 11 is 0. The lowest BCUT2D eigenvalue weighted by Gasteiger charge is -2.21. The lowest BCUT2D eigenvalue weighted by Crippen LogP contribution is -2.35. The van der Waals surface area contributed by atoms with Gasteiger partial charge in [0.25, 0.3) is 5.91 Å². The van der Waals surface area contributed by atoms with Crippen LogP contribution in [0.2, 0.25) is 0 Å². The van der Waals surface area contributed by atoms with Crippen LogP contribution < -0.4 is 10.1 Å². The maximum absolute atomic E-state index is 11.9. The molecule has 1 aromatic rings. The molecule has 0 aliphatic carbocycles. The van der Waals surface area contributed by atoms with Gasteiger partial charge >= 0.3 is 0 Å². The van der Waals surface area contributed by atoms with Crippen molar-refractivity contribution in [3.05, 3.63) is 29.3 Å². The first-order valence-electron chi connectivity index (χ1n) is 7.13. The first-order valence-corrected chi connectivity index (χ1v) is 7.13. The molecule has 5 nitrogen and oxygen atoms in total. The molecule has 1 amide bonds. The highest BCUT2D eigenvalue weighted by Gasteiger charge is 2.19. The fourth-order valence-corrected chi connectivity index (χ4v) is 2.01. The number of carbonyl (C=O) groups excluding carboxylic acids is 1. The van der Waals surface area contributed by atoms with Crippen LogP contribution in [0.1, 0.15) is 18.1 Å². The fourth-order valence-electron chi connectivity index (χ4n) is 2.01. The van der Waals surface area contributed by atoms with Gasteiger partial charge in [-0.15, -0.1) is 0 Å². The van der Waals surface area contributed by atoms with Gasteiger partial charge in [-0.05, 0) is 19.4 Å². The van der Waals surface area contributed by atoms with Crippen molar-refractivity contribution in [1.82, 2.24) is 10.2 Å². The Morgan fingerprint density at radius 3 is 2.71 bits per heavy atom. The monoisotopic (exact) mass is 294 g/mol. The third kappa shape index (κ3) is 5.36. The topological polar surface area (TPSA) is 50.8 Å². The summed E-state index contributed by atoms with van der Waals surface area (Å²) in [5, 5.41) is 3.30. The molecule has 118 valence electrons. The summed E-state index contributed by atoms with van der Waals surface area (Å²) in [6.45, 7) is 5.88. The smallest absolute Gasteiger partial charge is 0.262 e. The van der Waals surface area contributed by atoms with Crippen LogP contribution in [0, 0.1) is 6.92 Å². The molecule has 0 radical (unpaired) electrons. The van der Waals surface area contributed by atoms with Gasteiger partial charge in [0.1, 0.15) is 5.75 Å². The molecule has 0 fully saturated rings. The molecule has 1 unspecified atom stereocenters. The molecule has 0 saturated heterocycles. The second-order valence-corrected chi connectivity index (χ2v) is 5.23. The van der Waals surface area contributed by atoms with Gasteiger partial charge < -0.3 is 19.7 Å². The van der Waals surface area contributed by atoms with Crippen molar-refractivity contribution < 1.29 is 14.3 Å². The average Bonchev–Trinajstić information content (AvgIpc) is 2.45. The Balaban J connectivity index is 2.77. The Bertz CT molecular complexity index is 461. The lowest BCUT2D eigenvalue weighted by molar-refractivity contribution is -0.135. The van der Waals surface area contributed by atoms with E-state index in [1.807, 2.05) is 25.1 Å². The Morgan fingerprint density at radius 2 is 2.10 bits per heavy atom. The number of likely N-dealkylation sites (N-methyl/N-ethyl adjacent to an activating group) is 1. The number of ether oxygens (including phenoxy) is 2. The number of rotatable bonds is 8. The zero-order valence-electron chi connectivity index (χ0n) is 13.6. The van der Waals surface area contributed by atoms with Gasteiger partial charge in [0.2, 0.25) is 0 Å². The van der Waals surface area contributed by atoms with Crippen LogP contribution in [0.25, 0.3) is 0 Å². The summed E-state index contributed by atoms with van der Waals surface area (Å²) in [7, 11) is 5.14. The van der Waals surface area contributed by atoms with Crippen LogP contribution in [0.15, 0.2) is 18.2 Å². The van der Waals surface area contributed by atoms with E-state index in [-0.39, 0.29) is 5.91 Å². The molecule has 21 heavy (non-hydrogen) atoms. The van der Waals surface area contributed by atoms with Crippen molar-refractivity contribution in [3.63, 3.8) is 0 Å². The van der Waals surface area contributed by atoms with Gasteiger partial charge in [-0.3, -0.25) is 4.79 Å². The van der Waals surface area contributed by atoms with Crippen molar-refractivity contribution in [1.29, 1.82) is 0 Å². The molecule has 0 spiro atoms. The summed E-state index contributed by atoms with van der Waals surface area (Å²) in [5.41, 5.74) is 2.07. The highest BCUT2D eigenvalue weighted by atomic mass is 16.5. The van der Waals surface area contributed by atoms with Crippen molar-refractivity contribution in [2.75, 3.05) is 34.4 Å². The number of aryl methyl sites for hydroxylation is 1. The van der Waals surface area contributed by atoms with Gasteiger partial charge in [-0.2, -0.15) is 0 Å². The minimum Gasteiger partial charge on any atom is -0.480 e. The minimum atomic E-state index is -0.501. The molecule has 1 rings (SSSR count). The number of amides is 1. The first kappa shape index (κ1) is 17.5.